The fraction of sp³-hybridized carbons (Fsp3) is 0.550. The quantitative estimate of drug-likeness (QED) is 0.373. The zero-order valence-corrected chi connectivity index (χ0v) is 18.7. The van der Waals surface area contributed by atoms with E-state index in [1.165, 1.54) is 62.0 Å². The van der Waals surface area contributed by atoms with Crippen molar-refractivity contribution in [3.63, 3.8) is 0 Å². The Balaban J connectivity index is 1.18. The number of likely N-dealkylation sites (tertiary alicyclic amines) is 1. The third kappa shape index (κ3) is 5.76. The molecule has 1 aromatic carbocycles. The topological polar surface area (TPSA) is 52.2 Å². The van der Waals surface area contributed by atoms with Gasteiger partial charge in [0.1, 0.15) is 5.82 Å². The molecule has 2 aromatic rings. The standard InChI is InChI=1S/C20H27ClFN5S2/c21-16-9-19(29-26-20-25-5-8-28-20)17(22)10-18(16)24-4-1-2-6-27-7-3-14-11-23-12-15(14)13-27/h5,8-10,14-15,23-24H,1-4,6-7,11-13H2,(H,25,26). The Morgan fingerprint density at radius 3 is 3.07 bits per heavy atom. The van der Waals surface area contributed by atoms with Crippen LogP contribution in [-0.2, 0) is 0 Å². The molecule has 1 aromatic heterocycles. The molecular formula is C20H27ClFN5S2. The second-order valence-electron chi connectivity index (χ2n) is 7.71. The zero-order chi connectivity index (χ0) is 20.1. The number of hydrogen-bond donors (Lipinski definition) is 3. The molecule has 2 saturated heterocycles. The Bertz CT molecular complexity index is 791. The van der Waals surface area contributed by atoms with Crippen molar-refractivity contribution in [3.8, 4) is 0 Å². The summed E-state index contributed by atoms with van der Waals surface area (Å²) in [7, 11) is 0. The molecule has 0 bridgehead atoms. The van der Waals surface area contributed by atoms with Gasteiger partial charge < -0.3 is 20.3 Å². The van der Waals surface area contributed by atoms with E-state index in [-0.39, 0.29) is 5.82 Å². The number of nitrogens with one attached hydrogen (secondary N) is 3. The minimum absolute atomic E-state index is 0.293. The maximum atomic E-state index is 14.4. The lowest BCUT2D eigenvalue weighted by molar-refractivity contribution is 0.147. The van der Waals surface area contributed by atoms with Gasteiger partial charge in [-0.2, -0.15) is 0 Å². The van der Waals surface area contributed by atoms with Gasteiger partial charge in [0.15, 0.2) is 5.13 Å². The lowest BCUT2D eigenvalue weighted by Gasteiger charge is -2.34. The Labute approximate surface area is 184 Å². The van der Waals surface area contributed by atoms with Gasteiger partial charge in [-0.1, -0.05) is 11.6 Å². The smallest absolute Gasteiger partial charge is 0.192 e. The molecule has 0 spiro atoms. The third-order valence-electron chi connectivity index (χ3n) is 5.71. The molecule has 2 aliphatic rings. The van der Waals surface area contributed by atoms with Gasteiger partial charge in [-0.25, -0.2) is 9.37 Å². The molecule has 2 aliphatic heterocycles. The van der Waals surface area contributed by atoms with Crippen LogP contribution in [0.25, 0.3) is 0 Å². The fourth-order valence-electron chi connectivity index (χ4n) is 4.11. The highest BCUT2D eigenvalue weighted by Crippen LogP contribution is 2.32. The number of halogens is 2. The predicted molar refractivity (Wildman–Crippen MR) is 122 cm³/mol. The maximum absolute atomic E-state index is 14.4. The van der Waals surface area contributed by atoms with Crippen molar-refractivity contribution in [3.05, 3.63) is 34.5 Å². The normalized spacial score (nSPS) is 21.9. The van der Waals surface area contributed by atoms with Crippen LogP contribution in [0.3, 0.4) is 0 Å². The number of piperidine rings is 1. The molecule has 0 saturated carbocycles. The summed E-state index contributed by atoms with van der Waals surface area (Å²) in [6.07, 6.45) is 5.22. The first-order valence-corrected chi connectivity index (χ1v) is 12.2. The number of unbranched alkanes of at least 4 members (excludes halogenated alkanes) is 1. The van der Waals surface area contributed by atoms with Crippen LogP contribution in [-0.4, -0.2) is 49.2 Å². The van der Waals surface area contributed by atoms with E-state index >= 15 is 0 Å². The number of fused-ring (bicyclic) bond motifs is 1. The Morgan fingerprint density at radius 1 is 1.31 bits per heavy atom. The van der Waals surface area contributed by atoms with Crippen LogP contribution in [0.2, 0.25) is 5.02 Å². The van der Waals surface area contributed by atoms with E-state index in [0.717, 1.165) is 42.9 Å². The van der Waals surface area contributed by atoms with E-state index in [9.17, 15) is 4.39 Å². The van der Waals surface area contributed by atoms with Gasteiger partial charge in [-0.3, -0.25) is 0 Å². The van der Waals surface area contributed by atoms with Crippen molar-refractivity contribution >= 4 is 45.7 Å². The van der Waals surface area contributed by atoms with Crippen molar-refractivity contribution in [1.82, 2.24) is 15.2 Å². The minimum atomic E-state index is -0.293. The van der Waals surface area contributed by atoms with Gasteiger partial charge in [-0.05, 0) is 81.4 Å². The monoisotopic (exact) mass is 455 g/mol. The van der Waals surface area contributed by atoms with E-state index in [0.29, 0.717) is 15.6 Å². The maximum Gasteiger partial charge on any atom is 0.192 e. The summed E-state index contributed by atoms with van der Waals surface area (Å²) < 4.78 is 17.4. The summed E-state index contributed by atoms with van der Waals surface area (Å²) in [5, 5.41) is 9.94. The molecule has 0 aliphatic carbocycles. The number of anilines is 2. The SMILES string of the molecule is Fc1cc(NCCCCN2CCC3CNCC3C2)c(Cl)cc1SNc1nccs1. The first kappa shape index (κ1) is 21.2. The van der Waals surface area contributed by atoms with E-state index in [1.807, 2.05) is 5.38 Å². The number of hydrogen-bond acceptors (Lipinski definition) is 7. The van der Waals surface area contributed by atoms with Crippen molar-refractivity contribution in [1.29, 1.82) is 0 Å². The molecule has 2 atom stereocenters. The molecule has 3 N–H and O–H groups in total. The summed E-state index contributed by atoms with van der Waals surface area (Å²) in [5.41, 5.74) is 0.653. The highest BCUT2D eigenvalue weighted by molar-refractivity contribution is 8.00. The summed E-state index contributed by atoms with van der Waals surface area (Å²) in [6.45, 7) is 6.78. The van der Waals surface area contributed by atoms with Crippen LogP contribution in [0, 0.1) is 17.7 Å². The van der Waals surface area contributed by atoms with Gasteiger partial charge in [0, 0.05) is 24.7 Å². The van der Waals surface area contributed by atoms with Crippen LogP contribution in [0.5, 0.6) is 0 Å². The first-order chi connectivity index (χ1) is 14.2. The highest BCUT2D eigenvalue weighted by atomic mass is 35.5. The van der Waals surface area contributed by atoms with Crippen molar-refractivity contribution in [2.75, 3.05) is 49.3 Å². The molecule has 2 unspecified atom stereocenters. The summed E-state index contributed by atoms with van der Waals surface area (Å²) in [4.78, 5) is 7.18. The third-order valence-corrected chi connectivity index (χ3v) is 7.67. The van der Waals surface area contributed by atoms with Crippen LogP contribution in [0.1, 0.15) is 19.3 Å². The largest absolute Gasteiger partial charge is 0.384 e. The molecule has 9 heteroatoms. The highest BCUT2D eigenvalue weighted by Gasteiger charge is 2.32. The Hall–Kier alpha value is -1.06. The molecule has 0 amide bonds. The van der Waals surface area contributed by atoms with Crippen LogP contribution in [0.4, 0.5) is 15.2 Å². The molecular weight excluding hydrogens is 429 g/mol. The molecule has 2 fully saturated rings. The predicted octanol–water partition coefficient (Wildman–Crippen LogP) is 4.79. The second-order valence-corrected chi connectivity index (χ2v) is 9.86. The zero-order valence-electron chi connectivity index (χ0n) is 16.3. The molecule has 158 valence electrons. The van der Waals surface area contributed by atoms with Crippen molar-refractivity contribution in [2.45, 2.75) is 24.2 Å². The van der Waals surface area contributed by atoms with E-state index < -0.39 is 0 Å². The van der Waals surface area contributed by atoms with Gasteiger partial charge in [-0.15, -0.1) is 11.3 Å². The number of aromatic nitrogens is 1. The summed E-state index contributed by atoms with van der Waals surface area (Å²) >= 11 is 9.00. The number of benzene rings is 1. The minimum Gasteiger partial charge on any atom is -0.384 e. The van der Waals surface area contributed by atoms with E-state index in [4.69, 9.17) is 11.6 Å². The average molecular weight is 456 g/mol. The number of nitrogens with zero attached hydrogens (tertiary/aromatic N) is 2. The molecule has 4 rings (SSSR count). The van der Waals surface area contributed by atoms with Crippen LogP contribution >= 0.6 is 34.9 Å². The van der Waals surface area contributed by atoms with Gasteiger partial charge in [0.25, 0.3) is 0 Å². The molecule has 0 radical (unpaired) electrons. The van der Waals surface area contributed by atoms with Gasteiger partial charge in [0.05, 0.1) is 15.6 Å². The van der Waals surface area contributed by atoms with Gasteiger partial charge >= 0.3 is 0 Å². The average Bonchev–Trinajstić information content (AvgIpc) is 3.40. The summed E-state index contributed by atoms with van der Waals surface area (Å²) in [6, 6.07) is 3.14. The molecule has 5 nitrogen and oxygen atoms in total. The van der Waals surface area contributed by atoms with Gasteiger partial charge in [0.2, 0.25) is 0 Å². The Kier molecular flexibility index (Phi) is 7.53. The van der Waals surface area contributed by atoms with Crippen LogP contribution < -0.4 is 15.4 Å². The molecule has 29 heavy (non-hydrogen) atoms. The number of rotatable bonds is 9. The fourth-order valence-corrected chi connectivity index (χ4v) is 5.68. The lowest BCUT2D eigenvalue weighted by atomic mass is 9.88. The van der Waals surface area contributed by atoms with E-state index in [2.05, 4.69) is 25.2 Å². The first-order valence-electron chi connectivity index (χ1n) is 10.2. The van der Waals surface area contributed by atoms with Crippen LogP contribution in [0.15, 0.2) is 28.6 Å². The molecule has 3 heterocycles. The van der Waals surface area contributed by atoms with Crippen molar-refractivity contribution in [2.24, 2.45) is 11.8 Å². The number of thiazole rings is 1. The second kappa shape index (κ2) is 10.3. The lowest BCUT2D eigenvalue weighted by Crippen LogP contribution is -2.40. The Morgan fingerprint density at radius 2 is 2.21 bits per heavy atom. The summed E-state index contributed by atoms with van der Waals surface area (Å²) in [5.74, 6) is 1.44. The van der Waals surface area contributed by atoms with E-state index in [1.54, 1.807) is 12.3 Å². The van der Waals surface area contributed by atoms with Crippen molar-refractivity contribution < 1.29 is 4.39 Å².